The largest absolute Gasteiger partial charge is 0.477 e. The van der Waals surface area contributed by atoms with Gasteiger partial charge in [0, 0.05) is 0 Å². The van der Waals surface area contributed by atoms with Gasteiger partial charge in [-0.2, -0.15) is 4.98 Å². The van der Waals surface area contributed by atoms with E-state index < -0.39 is 0 Å². The van der Waals surface area contributed by atoms with E-state index in [4.69, 9.17) is 33.7 Å². The number of pyridine rings is 1. The summed E-state index contributed by atoms with van der Waals surface area (Å²) >= 11 is 11.7. The van der Waals surface area contributed by atoms with Crippen molar-refractivity contribution < 1.29 is 4.74 Å². The van der Waals surface area contributed by atoms with E-state index in [1.165, 1.54) is 12.8 Å². The molecule has 0 radical (unpaired) electrons. The fourth-order valence-electron chi connectivity index (χ4n) is 1.29. The highest BCUT2D eigenvalue weighted by Crippen LogP contribution is 2.33. The average molecular weight is 247 g/mol. The maximum Gasteiger partial charge on any atom is 0.234 e. The lowest BCUT2D eigenvalue weighted by Crippen LogP contribution is -2.02. The molecule has 1 aromatic heterocycles. The average Bonchev–Trinajstić information content (AvgIpc) is 2.97. The lowest BCUT2D eigenvalue weighted by molar-refractivity contribution is 0.292. The Balaban J connectivity index is 1.96. The lowest BCUT2D eigenvalue weighted by Gasteiger charge is -2.07. The quantitative estimate of drug-likeness (QED) is 0.888. The van der Waals surface area contributed by atoms with Gasteiger partial charge in [-0.05, 0) is 18.4 Å². The van der Waals surface area contributed by atoms with E-state index >= 15 is 0 Å². The third kappa shape index (κ3) is 2.89. The molecule has 82 valence electrons. The highest BCUT2D eigenvalue weighted by molar-refractivity contribution is 6.36. The van der Waals surface area contributed by atoms with Crippen molar-refractivity contribution in [2.75, 3.05) is 12.3 Å². The molecule has 0 aliphatic heterocycles. The molecule has 1 fully saturated rings. The van der Waals surface area contributed by atoms with Crippen molar-refractivity contribution in [3.63, 3.8) is 0 Å². The summed E-state index contributed by atoms with van der Waals surface area (Å²) in [6.45, 7) is 0.637. The Bertz CT molecular complexity index is 367. The van der Waals surface area contributed by atoms with Crippen molar-refractivity contribution in [2.24, 2.45) is 5.92 Å². The maximum atomic E-state index is 5.90. The van der Waals surface area contributed by atoms with E-state index in [9.17, 15) is 0 Å². The van der Waals surface area contributed by atoms with Gasteiger partial charge in [-0.25, -0.2) is 0 Å². The minimum absolute atomic E-state index is 0.252. The van der Waals surface area contributed by atoms with Gasteiger partial charge in [-0.1, -0.05) is 36.0 Å². The van der Waals surface area contributed by atoms with Crippen LogP contribution in [0, 0.1) is 5.92 Å². The summed E-state index contributed by atoms with van der Waals surface area (Å²) in [5.74, 6) is 1.45. The molecule has 1 aliphatic carbocycles. The van der Waals surface area contributed by atoms with Crippen LogP contribution in [0.15, 0.2) is 6.07 Å². The topological polar surface area (TPSA) is 48.1 Å². The number of nitrogens with zero attached hydrogens (tertiary/aromatic N) is 1. The van der Waals surface area contributed by atoms with Crippen LogP contribution in [0.4, 0.5) is 5.82 Å². The van der Waals surface area contributed by atoms with Gasteiger partial charge >= 0.3 is 0 Å². The van der Waals surface area contributed by atoms with Crippen LogP contribution in [0.1, 0.15) is 19.3 Å². The molecular formula is C10H12Cl2N2O. The molecule has 2 rings (SSSR count). The standard InChI is InChI=1S/C10H12Cl2N2O/c11-7-5-8(12)10(14-9(7)13)15-4-3-6-1-2-6/h5-6H,1-4H2,(H2,13,14). The van der Waals surface area contributed by atoms with Gasteiger partial charge in [0.05, 0.1) is 11.6 Å². The molecule has 1 heterocycles. The molecule has 0 unspecified atom stereocenters. The number of hydrogen-bond donors (Lipinski definition) is 1. The minimum atomic E-state index is 0.252. The van der Waals surface area contributed by atoms with E-state index in [1.54, 1.807) is 6.07 Å². The normalized spacial score (nSPS) is 15.3. The first-order chi connectivity index (χ1) is 7.16. The Hall–Kier alpha value is -0.670. The molecule has 5 heteroatoms. The van der Waals surface area contributed by atoms with Crippen LogP contribution in [0.3, 0.4) is 0 Å². The molecule has 0 amide bonds. The molecule has 1 saturated carbocycles. The van der Waals surface area contributed by atoms with Crippen LogP contribution in [0.25, 0.3) is 0 Å². The second-order valence-electron chi connectivity index (χ2n) is 3.72. The number of hydrogen-bond acceptors (Lipinski definition) is 3. The lowest BCUT2D eigenvalue weighted by atomic mass is 10.3. The van der Waals surface area contributed by atoms with Crippen molar-refractivity contribution >= 4 is 29.0 Å². The molecular weight excluding hydrogens is 235 g/mol. The summed E-state index contributed by atoms with van der Waals surface area (Å²) in [6.07, 6.45) is 3.68. The van der Waals surface area contributed by atoms with Crippen molar-refractivity contribution in [3.8, 4) is 5.88 Å². The van der Waals surface area contributed by atoms with E-state index in [1.807, 2.05) is 0 Å². The molecule has 0 saturated heterocycles. The van der Waals surface area contributed by atoms with E-state index in [-0.39, 0.29) is 5.82 Å². The summed E-state index contributed by atoms with van der Waals surface area (Å²) in [7, 11) is 0. The third-order valence-corrected chi connectivity index (χ3v) is 2.96. The first-order valence-electron chi connectivity index (χ1n) is 4.91. The van der Waals surface area contributed by atoms with Gasteiger partial charge in [-0.3, -0.25) is 0 Å². The summed E-state index contributed by atoms with van der Waals surface area (Å²) in [6, 6.07) is 1.55. The first kappa shape index (κ1) is 10.8. The number of ether oxygens (including phenoxy) is 1. The number of rotatable bonds is 4. The maximum absolute atomic E-state index is 5.90. The van der Waals surface area contributed by atoms with Gasteiger partial charge in [0.2, 0.25) is 5.88 Å². The van der Waals surface area contributed by atoms with E-state index in [0.717, 1.165) is 12.3 Å². The predicted octanol–water partition coefficient (Wildman–Crippen LogP) is 3.15. The molecule has 0 atom stereocenters. The minimum Gasteiger partial charge on any atom is -0.477 e. The zero-order valence-corrected chi connectivity index (χ0v) is 9.68. The number of anilines is 1. The highest BCUT2D eigenvalue weighted by atomic mass is 35.5. The van der Waals surface area contributed by atoms with Gasteiger partial charge in [0.1, 0.15) is 10.8 Å². The summed E-state index contributed by atoms with van der Waals surface area (Å²) in [5.41, 5.74) is 5.55. The Kier molecular flexibility index (Phi) is 3.22. The molecule has 1 aliphatic rings. The predicted molar refractivity (Wildman–Crippen MR) is 61.5 cm³/mol. The summed E-state index contributed by atoms with van der Waals surface area (Å²) in [5, 5.41) is 0.763. The van der Waals surface area contributed by atoms with Gasteiger partial charge in [0.15, 0.2) is 0 Å². The number of nitrogen functional groups attached to an aromatic ring is 1. The molecule has 0 spiro atoms. The fraction of sp³-hybridized carbons (Fsp3) is 0.500. The van der Waals surface area contributed by atoms with Crippen LogP contribution in [0.2, 0.25) is 10.0 Å². The van der Waals surface area contributed by atoms with Gasteiger partial charge < -0.3 is 10.5 Å². The molecule has 0 bridgehead atoms. The second-order valence-corrected chi connectivity index (χ2v) is 4.54. The van der Waals surface area contributed by atoms with Crippen molar-refractivity contribution in [1.82, 2.24) is 4.98 Å². The van der Waals surface area contributed by atoms with Crippen LogP contribution < -0.4 is 10.5 Å². The Morgan fingerprint density at radius 1 is 1.40 bits per heavy atom. The smallest absolute Gasteiger partial charge is 0.234 e. The van der Waals surface area contributed by atoms with Crippen LogP contribution in [-0.2, 0) is 0 Å². The molecule has 1 aromatic rings. The summed E-state index contributed by atoms with van der Waals surface area (Å²) < 4.78 is 5.44. The first-order valence-corrected chi connectivity index (χ1v) is 5.66. The second kappa shape index (κ2) is 4.45. The zero-order chi connectivity index (χ0) is 10.8. The number of aromatic nitrogens is 1. The molecule has 2 N–H and O–H groups in total. The van der Waals surface area contributed by atoms with E-state index in [2.05, 4.69) is 4.98 Å². The third-order valence-electron chi connectivity index (χ3n) is 2.39. The van der Waals surface area contributed by atoms with Gasteiger partial charge in [-0.15, -0.1) is 0 Å². The Morgan fingerprint density at radius 2 is 2.13 bits per heavy atom. The van der Waals surface area contributed by atoms with Crippen molar-refractivity contribution in [3.05, 3.63) is 16.1 Å². The SMILES string of the molecule is Nc1nc(OCCC2CC2)c(Cl)cc1Cl. The highest BCUT2D eigenvalue weighted by Gasteiger charge is 2.21. The fourth-order valence-corrected chi connectivity index (χ4v) is 1.71. The van der Waals surface area contributed by atoms with Crippen LogP contribution in [-0.4, -0.2) is 11.6 Å². The number of nitrogens with two attached hydrogens (primary N) is 1. The zero-order valence-electron chi connectivity index (χ0n) is 8.17. The Morgan fingerprint density at radius 3 is 2.80 bits per heavy atom. The van der Waals surface area contributed by atoms with Gasteiger partial charge in [0.25, 0.3) is 0 Å². The Labute approximate surface area is 98.5 Å². The van der Waals surface area contributed by atoms with Crippen LogP contribution >= 0.6 is 23.2 Å². The molecule has 0 aromatic carbocycles. The monoisotopic (exact) mass is 246 g/mol. The van der Waals surface area contributed by atoms with E-state index in [0.29, 0.717) is 22.5 Å². The van der Waals surface area contributed by atoms with Crippen LogP contribution in [0.5, 0.6) is 5.88 Å². The summed E-state index contributed by atoms with van der Waals surface area (Å²) in [4.78, 5) is 3.98. The molecule has 15 heavy (non-hydrogen) atoms. The number of halogens is 2. The van der Waals surface area contributed by atoms with Crippen molar-refractivity contribution in [2.45, 2.75) is 19.3 Å². The molecule has 3 nitrogen and oxygen atoms in total. The van der Waals surface area contributed by atoms with Crippen molar-refractivity contribution in [1.29, 1.82) is 0 Å².